The first-order valence-corrected chi connectivity index (χ1v) is 7.29. The van der Waals surface area contributed by atoms with Gasteiger partial charge in [-0.3, -0.25) is 14.5 Å². The molecule has 2 heterocycles. The van der Waals surface area contributed by atoms with Gasteiger partial charge in [-0.15, -0.1) is 0 Å². The molecular formula is C14H24N2O3. The molecule has 2 aliphatic rings. The van der Waals surface area contributed by atoms with Gasteiger partial charge in [-0.05, 0) is 25.7 Å². The van der Waals surface area contributed by atoms with E-state index in [-0.39, 0.29) is 17.9 Å². The largest absolute Gasteiger partial charge is 0.378 e. The van der Waals surface area contributed by atoms with Gasteiger partial charge in [-0.2, -0.15) is 0 Å². The van der Waals surface area contributed by atoms with Crippen LogP contribution in [-0.2, 0) is 14.3 Å². The average molecular weight is 268 g/mol. The summed E-state index contributed by atoms with van der Waals surface area (Å²) < 4.78 is 5.71. The summed E-state index contributed by atoms with van der Waals surface area (Å²) in [6.07, 6.45) is 5.51. The fourth-order valence-electron chi connectivity index (χ4n) is 2.91. The Balaban J connectivity index is 1.86. The molecule has 108 valence electrons. The highest BCUT2D eigenvalue weighted by Gasteiger charge is 2.34. The third-order valence-corrected chi connectivity index (χ3v) is 4.06. The van der Waals surface area contributed by atoms with E-state index in [0.717, 1.165) is 32.3 Å². The molecular weight excluding hydrogens is 244 g/mol. The molecule has 0 spiro atoms. The Morgan fingerprint density at radius 3 is 2.89 bits per heavy atom. The molecule has 0 bridgehead atoms. The number of carbonyl (C=O) groups excluding carboxylic acids is 2. The Morgan fingerprint density at radius 1 is 1.37 bits per heavy atom. The minimum absolute atomic E-state index is 0.0705. The average Bonchev–Trinajstić information content (AvgIpc) is 2.40. The van der Waals surface area contributed by atoms with E-state index in [0.29, 0.717) is 25.0 Å². The zero-order chi connectivity index (χ0) is 13.8. The van der Waals surface area contributed by atoms with E-state index in [2.05, 4.69) is 12.2 Å². The highest BCUT2D eigenvalue weighted by Crippen LogP contribution is 2.20. The van der Waals surface area contributed by atoms with Crippen LogP contribution in [0.2, 0.25) is 0 Å². The van der Waals surface area contributed by atoms with Crippen LogP contribution in [0.1, 0.15) is 45.4 Å². The lowest BCUT2D eigenvalue weighted by Crippen LogP contribution is -2.55. The molecule has 2 rings (SSSR count). The van der Waals surface area contributed by atoms with Crippen LogP contribution in [-0.4, -0.2) is 48.6 Å². The summed E-state index contributed by atoms with van der Waals surface area (Å²) in [4.78, 5) is 24.7. The Labute approximate surface area is 114 Å². The number of likely N-dealkylation sites (N-methyl/N-ethyl adjacent to an activating group) is 1. The summed E-state index contributed by atoms with van der Waals surface area (Å²) in [5, 5.41) is 3.42. The van der Waals surface area contributed by atoms with E-state index in [1.807, 2.05) is 0 Å². The van der Waals surface area contributed by atoms with Gasteiger partial charge < -0.3 is 10.1 Å². The number of likely N-dealkylation sites (tertiary alicyclic amines) is 1. The van der Waals surface area contributed by atoms with Crippen molar-refractivity contribution in [3.8, 4) is 0 Å². The van der Waals surface area contributed by atoms with Crippen molar-refractivity contribution in [2.75, 3.05) is 13.7 Å². The monoisotopic (exact) mass is 268 g/mol. The highest BCUT2D eigenvalue weighted by molar-refractivity contribution is 6.00. The van der Waals surface area contributed by atoms with Crippen LogP contribution in [0.15, 0.2) is 0 Å². The predicted molar refractivity (Wildman–Crippen MR) is 71.6 cm³/mol. The Kier molecular flexibility index (Phi) is 4.93. The van der Waals surface area contributed by atoms with E-state index in [9.17, 15) is 9.59 Å². The van der Waals surface area contributed by atoms with Crippen LogP contribution in [0.5, 0.6) is 0 Å². The van der Waals surface area contributed by atoms with Crippen LogP contribution in [0.25, 0.3) is 0 Å². The summed E-state index contributed by atoms with van der Waals surface area (Å²) >= 11 is 0. The van der Waals surface area contributed by atoms with Gasteiger partial charge in [0.1, 0.15) is 0 Å². The molecule has 5 nitrogen and oxygen atoms in total. The van der Waals surface area contributed by atoms with Crippen molar-refractivity contribution < 1.29 is 14.3 Å². The molecule has 0 aromatic heterocycles. The summed E-state index contributed by atoms with van der Waals surface area (Å²) in [5.41, 5.74) is 0. The van der Waals surface area contributed by atoms with Crippen LogP contribution in [0, 0.1) is 0 Å². The molecule has 3 unspecified atom stereocenters. The molecule has 1 N–H and O–H groups in total. The van der Waals surface area contributed by atoms with Gasteiger partial charge in [-0.1, -0.05) is 13.3 Å². The number of hydrogen-bond donors (Lipinski definition) is 1. The Bertz CT molecular complexity index is 344. The van der Waals surface area contributed by atoms with Gasteiger partial charge in [0, 0.05) is 26.1 Å². The van der Waals surface area contributed by atoms with Gasteiger partial charge in [0.25, 0.3) is 0 Å². The molecule has 0 aromatic rings. The number of hydrogen-bond acceptors (Lipinski definition) is 4. The number of piperidine rings is 1. The minimum atomic E-state index is -0.201. The minimum Gasteiger partial charge on any atom is -0.378 e. The maximum absolute atomic E-state index is 12.0. The zero-order valence-corrected chi connectivity index (χ0v) is 11.9. The van der Waals surface area contributed by atoms with Gasteiger partial charge in [0.05, 0.1) is 12.1 Å². The number of ether oxygens (including phenoxy) is 1. The lowest BCUT2D eigenvalue weighted by molar-refractivity contribution is -0.148. The van der Waals surface area contributed by atoms with E-state index in [4.69, 9.17) is 4.74 Å². The molecule has 5 heteroatoms. The summed E-state index contributed by atoms with van der Waals surface area (Å²) in [7, 11) is 1.57. The highest BCUT2D eigenvalue weighted by atomic mass is 16.5. The molecule has 0 radical (unpaired) electrons. The lowest BCUT2D eigenvalue weighted by atomic mass is 9.97. The van der Waals surface area contributed by atoms with E-state index in [1.165, 1.54) is 4.90 Å². The van der Waals surface area contributed by atoms with E-state index < -0.39 is 0 Å². The summed E-state index contributed by atoms with van der Waals surface area (Å²) in [5.74, 6) is -0.159. The van der Waals surface area contributed by atoms with Crippen molar-refractivity contribution in [1.29, 1.82) is 0 Å². The smallest absolute Gasteiger partial charge is 0.246 e. The third kappa shape index (κ3) is 3.54. The standard InChI is InChI=1S/C14H24N2O3/c1-3-4-11-9-10(7-8-19-11)15-12-5-6-13(17)16(2)14(12)18/h10-12,15H,3-9H2,1-2H3. The molecule has 0 saturated carbocycles. The number of nitrogens with zero attached hydrogens (tertiary/aromatic N) is 1. The zero-order valence-electron chi connectivity index (χ0n) is 11.9. The topological polar surface area (TPSA) is 58.6 Å². The SMILES string of the molecule is CCCC1CC(NC2CCC(=O)N(C)C2=O)CCO1. The lowest BCUT2D eigenvalue weighted by Gasteiger charge is -2.35. The van der Waals surface area contributed by atoms with Crippen molar-refractivity contribution in [2.24, 2.45) is 0 Å². The number of nitrogens with one attached hydrogen (secondary N) is 1. The Morgan fingerprint density at radius 2 is 2.16 bits per heavy atom. The van der Waals surface area contributed by atoms with Crippen molar-refractivity contribution in [3.63, 3.8) is 0 Å². The molecule has 2 aliphatic heterocycles. The van der Waals surface area contributed by atoms with Gasteiger partial charge in [0.2, 0.25) is 11.8 Å². The van der Waals surface area contributed by atoms with Crippen LogP contribution in [0.3, 0.4) is 0 Å². The predicted octanol–water partition coefficient (Wildman–Crippen LogP) is 1.07. The first kappa shape index (κ1) is 14.5. The number of rotatable bonds is 4. The van der Waals surface area contributed by atoms with E-state index in [1.54, 1.807) is 7.05 Å². The van der Waals surface area contributed by atoms with Crippen LogP contribution >= 0.6 is 0 Å². The van der Waals surface area contributed by atoms with Crippen molar-refractivity contribution in [2.45, 2.75) is 63.6 Å². The summed E-state index contributed by atoms with van der Waals surface area (Å²) in [6.45, 7) is 2.92. The van der Waals surface area contributed by atoms with Crippen molar-refractivity contribution in [3.05, 3.63) is 0 Å². The first-order chi connectivity index (χ1) is 9.11. The number of amides is 2. The maximum Gasteiger partial charge on any atom is 0.246 e. The molecule has 0 aliphatic carbocycles. The molecule has 2 fully saturated rings. The second kappa shape index (κ2) is 6.48. The molecule has 2 saturated heterocycles. The van der Waals surface area contributed by atoms with Crippen molar-refractivity contribution in [1.82, 2.24) is 10.2 Å². The maximum atomic E-state index is 12.0. The molecule has 3 atom stereocenters. The number of carbonyl (C=O) groups is 2. The normalized spacial score (nSPS) is 32.7. The molecule has 2 amide bonds. The molecule has 0 aromatic carbocycles. The van der Waals surface area contributed by atoms with Gasteiger partial charge in [0.15, 0.2) is 0 Å². The van der Waals surface area contributed by atoms with E-state index >= 15 is 0 Å². The Hall–Kier alpha value is -0.940. The summed E-state index contributed by atoms with van der Waals surface area (Å²) in [6, 6.07) is 0.133. The second-order valence-electron chi connectivity index (χ2n) is 5.55. The second-order valence-corrected chi connectivity index (χ2v) is 5.55. The number of imide groups is 1. The van der Waals surface area contributed by atoms with Crippen LogP contribution in [0.4, 0.5) is 0 Å². The van der Waals surface area contributed by atoms with Crippen molar-refractivity contribution >= 4 is 11.8 Å². The fraction of sp³-hybridized carbons (Fsp3) is 0.857. The van der Waals surface area contributed by atoms with Gasteiger partial charge >= 0.3 is 0 Å². The first-order valence-electron chi connectivity index (χ1n) is 7.29. The van der Waals surface area contributed by atoms with Gasteiger partial charge in [-0.25, -0.2) is 0 Å². The molecule has 19 heavy (non-hydrogen) atoms. The quantitative estimate of drug-likeness (QED) is 0.775. The third-order valence-electron chi connectivity index (χ3n) is 4.06. The fourth-order valence-corrected chi connectivity index (χ4v) is 2.91. The van der Waals surface area contributed by atoms with Crippen LogP contribution < -0.4 is 5.32 Å².